The molecule has 136 valence electrons. The van der Waals surface area contributed by atoms with Crippen molar-refractivity contribution in [1.82, 2.24) is 19.8 Å². The molecule has 1 aromatic rings. The standard InChI is InChI=1S/C17H25N5O3/c1-20-9-11-22(12-10-20)25-15(23)17(14-3-2-6-19-13-14)4-7-21(8-5-17)16(18)24/h2-3,6,13H,4-5,7-12H2,1H3,(H2,18,24). The summed E-state index contributed by atoms with van der Waals surface area (Å²) in [4.78, 5) is 38.2. The van der Waals surface area contributed by atoms with Crippen molar-refractivity contribution < 1.29 is 14.4 Å². The van der Waals surface area contributed by atoms with Crippen molar-refractivity contribution in [2.75, 3.05) is 46.3 Å². The monoisotopic (exact) mass is 347 g/mol. The second-order valence-electron chi connectivity index (χ2n) is 6.76. The van der Waals surface area contributed by atoms with Crippen molar-refractivity contribution in [3.8, 4) is 0 Å². The summed E-state index contributed by atoms with van der Waals surface area (Å²) in [5.74, 6) is -0.269. The van der Waals surface area contributed by atoms with Gasteiger partial charge in [0.2, 0.25) is 0 Å². The van der Waals surface area contributed by atoms with Crippen LogP contribution in [0.1, 0.15) is 18.4 Å². The van der Waals surface area contributed by atoms with Gasteiger partial charge in [0.05, 0.1) is 5.41 Å². The van der Waals surface area contributed by atoms with Crippen LogP contribution in [0, 0.1) is 0 Å². The molecule has 8 heteroatoms. The molecule has 0 spiro atoms. The highest BCUT2D eigenvalue weighted by molar-refractivity contribution is 5.83. The van der Waals surface area contributed by atoms with Gasteiger partial charge in [-0.25, -0.2) is 9.59 Å². The molecule has 2 aliphatic heterocycles. The van der Waals surface area contributed by atoms with Crippen LogP contribution in [0.3, 0.4) is 0 Å². The van der Waals surface area contributed by atoms with Crippen LogP contribution in [-0.2, 0) is 15.0 Å². The van der Waals surface area contributed by atoms with Gasteiger partial charge in [0.25, 0.3) is 0 Å². The second-order valence-corrected chi connectivity index (χ2v) is 6.76. The molecule has 2 aliphatic rings. The normalized spacial score (nSPS) is 21.7. The number of nitrogens with two attached hydrogens (primary N) is 1. The number of hydrogen-bond donors (Lipinski definition) is 1. The number of hydroxylamine groups is 2. The molecule has 0 bridgehead atoms. The Kier molecular flexibility index (Phi) is 5.19. The number of piperazine rings is 1. The van der Waals surface area contributed by atoms with E-state index in [-0.39, 0.29) is 5.97 Å². The van der Waals surface area contributed by atoms with Crippen LogP contribution in [0.25, 0.3) is 0 Å². The summed E-state index contributed by atoms with van der Waals surface area (Å²) in [6, 6.07) is 3.27. The zero-order valence-corrected chi connectivity index (χ0v) is 14.6. The minimum atomic E-state index is -0.788. The van der Waals surface area contributed by atoms with Crippen molar-refractivity contribution in [2.24, 2.45) is 5.73 Å². The number of pyridine rings is 1. The first-order valence-electron chi connectivity index (χ1n) is 8.62. The third-order valence-electron chi connectivity index (χ3n) is 5.21. The lowest BCUT2D eigenvalue weighted by Crippen LogP contribution is -2.53. The Morgan fingerprint density at radius 3 is 2.40 bits per heavy atom. The molecule has 2 amide bonds. The first-order chi connectivity index (χ1) is 12.0. The van der Waals surface area contributed by atoms with E-state index in [4.69, 9.17) is 10.6 Å². The minimum absolute atomic E-state index is 0.269. The molecule has 0 aliphatic carbocycles. The topological polar surface area (TPSA) is 92.0 Å². The number of carbonyl (C=O) groups excluding carboxylic acids is 2. The number of nitrogens with zero attached hydrogens (tertiary/aromatic N) is 4. The van der Waals surface area contributed by atoms with Gasteiger partial charge in [-0.05, 0) is 31.5 Å². The summed E-state index contributed by atoms with van der Waals surface area (Å²) < 4.78 is 0. The van der Waals surface area contributed by atoms with Crippen LogP contribution in [0.5, 0.6) is 0 Å². The molecule has 2 saturated heterocycles. The molecule has 3 rings (SSSR count). The molecule has 0 aromatic carbocycles. The van der Waals surface area contributed by atoms with Gasteiger partial charge in [0.1, 0.15) is 0 Å². The van der Waals surface area contributed by atoms with Crippen molar-refractivity contribution in [2.45, 2.75) is 18.3 Å². The SMILES string of the molecule is CN1CCN(OC(=O)C2(c3cccnc3)CCN(C(N)=O)CC2)CC1. The molecular formula is C17H25N5O3. The van der Waals surface area contributed by atoms with E-state index in [1.165, 1.54) is 0 Å². The van der Waals surface area contributed by atoms with Crippen LogP contribution in [0.2, 0.25) is 0 Å². The lowest BCUT2D eigenvalue weighted by molar-refractivity contribution is -0.205. The van der Waals surface area contributed by atoms with E-state index in [0.717, 1.165) is 18.7 Å². The molecule has 25 heavy (non-hydrogen) atoms. The third-order valence-corrected chi connectivity index (χ3v) is 5.21. The number of urea groups is 1. The first kappa shape index (κ1) is 17.6. The van der Waals surface area contributed by atoms with E-state index >= 15 is 0 Å². The Bertz CT molecular complexity index is 608. The summed E-state index contributed by atoms with van der Waals surface area (Å²) in [6.45, 7) is 3.98. The van der Waals surface area contributed by atoms with Crippen molar-refractivity contribution >= 4 is 12.0 Å². The Balaban J connectivity index is 1.77. The summed E-state index contributed by atoms with van der Waals surface area (Å²) in [5.41, 5.74) is 5.42. The van der Waals surface area contributed by atoms with E-state index < -0.39 is 11.4 Å². The number of aromatic nitrogens is 1. The van der Waals surface area contributed by atoms with Crippen LogP contribution in [0.15, 0.2) is 24.5 Å². The summed E-state index contributed by atoms with van der Waals surface area (Å²) >= 11 is 0. The number of likely N-dealkylation sites (N-methyl/N-ethyl adjacent to an activating group) is 1. The Morgan fingerprint density at radius 1 is 1.16 bits per heavy atom. The van der Waals surface area contributed by atoms with Gasteiger partial charge in [-0.1, -0.05) is 6.07 Å². The average Bonchev–Trinajstić information content (AvgIpc) is 2.64. The fraction of sp³-hybridized carbons (Fsp3) is 0.588. The zero-order valence-electron chi connectivity index (χ0n) is 14.6. The molecule has 8 nitrogen and oxygen atoms in total. The predicted octanol–water partition coefficient (Wildman–Crippen LogP) is 0.200. The number of rotatable bonds is 3. The van der Waals surface area contributed by atoms with Gasteiger partial charge in [0, 0.05) is 51.7 Å². The molecule has 0 saturated carbocycles. The molecule has 0 unspecified atom stereocenters. The highest BCUT2D eigenvalue weighted by Gasteiger charge is 2.46. The van der Waals surface area contributed by atoms with E-state index in [0.29, 0.717) is 39.0 Å². The van der Waals surface area contributed by atoms with Gasteiger partial charge in [0.15, 0.2) is 0 Å². The maximum Gasteiger partial charge on any atom is 0.335 e. The first-order valence-corrected chi connectivity index (χ1v) is 8.62. The summed E-state index contributed by atoms with van der Waals surface area (Å²) in [7, 11) is 2.05. The highest BCUT2D eigenvalue weighted by atomic mass is 16.7. The van der Waals surface area contributed by atoms with Crippen LogP contribution < -0.4 is 5.73 Å². The molecule has 2 N–H and O–H groups in total. The number of primary amides is 1. The maximum atomic E-state index is 13.1. The Morgan fingerprint density at radius 2 is 1.84 bits per heavy atom. The predicted molar refractivity (Wildman–Crippen MR) is 91.5 cm³/mol. The second kappa shape index (κ2) is 7.37. The number of piperidine rings is 1. The van der Waals surface area contributed by atoms with Crippen LogP contribution in [-0.4, -0.2) is 78.2 Å². The van der Waals surface area contributed by atoms with Crippen molar-refractivity contribution in [3.05, 3.63) is 30.1 Å². The van der Waals surface area contributed by atoms with E-state index in [1.807, 2.05) is 12.1 Å². The lowest BCUT2D eigenvalue weighted by atomic mass is 9.73. The fourth-order valence-corrected chi connectivity index (χ4v) is 3.45. The number of carbonyl (C=O) groups is 2. The quantitative estimate of drug-likeness (QED) is 0.840. The minimum Gasteiger partial charge on any atom is -0.367 e. The molecule has 3 heterocycles. The molecule has 1 aromatic heterocycles. The maximum absolute atomic E-state index is 13.1. The van der Waals surface area contributed by atoms with Crippen molar-refractivity contribution in [3.63, 3.8) is 0 Å². The summed E-state index contributed by atoms with van der Waals surface area (Å²) in [6.07, 6.45) is 4.36. The Labute approximate surface area is 147 Å². The smallest absolute Gasteiger partial charge is 0.335 e. The molecule has 2 fully saturated rings. The van der Waals surface area contributed by atoms with Crippen LogP contribution >= 0.6 is 0 Å². The number of likely N-dealkylation sites (tertiary alicyclic amines) is 1. The van der Waals surface area contributed by atoms with Gasteiger partial charge in [-0.15, -0.1) is 5.06 Å². The van der Waals surface area contributed by atoms with Crippen LogP contribution in [0.4, 0.5) is 4.79 Å². The fourth-order valence-electron chi connectivity index (χ4n) is 3.45. The van der Waals surface area contributed by atoms with Gasteiger partial charge < -0.3 is 20.4 Å². The van der Waals surface area contributed by atoms with E-state index in [1.54, 1.807) is 22.4 Å². The van der Waals surface area contributed by atoms with Gasteiger partial charge in [-0.2, -0.15) is 0 Å². The third kappa shape index (κ3) is 3.74. The number of hydrogen-bond acceptors (Lipinski definition) is 6. The Hall–Kier alpha value is -2.19. The average molecular weight is 347 g/mol. The van der Waals surface area contributed by atoms with Crippen molar-refractivity contribution in [1.29, 1.82) is 0 Å². The van der Waals surface area contributed by atoms with E-state index in [9.17, 15) is 9.59 Å². The highest BCUT2D eigenvalue weighted by Crippen LogP contribution is 2.36. The largest absolute Gasteiger partial charge is 0.367 e. The van der Waals surface area contributed by atoms with E-state index in [2.05, 4.69) is 16.9 Å². The number of amides is 2. The van der Waals surface area contributed by atoms with Gasteiger partial charge >= 0.3 is 12.0 Å². The van der Waals surface area contributed by atoms with Gasteiger partial charge in [-0.3, -0.25) is 4.98 Å². The molecule has 0 radical (unpaired) electrons. The molecular weight excluding hydrogens is 322 g/mol. The zero-order chi connectivity index (χ0) is 17.9. The lowest BCUT2D eigenvalue weighted by Gasteiger charge is -2.41. The summed E-state index contributed by atoms with van der Waals surface area (Å²) in [5, 5.41) is 1.74. The molecule has 0 atom stereocenters.